The maximum atomic E-state index is 12.4. The molecule has 136 valence electrons. The molecule has 3 N–H and O–H groups in total. The minimum Gasteiger partial charge on any atom is -0.334 e. The van der Waals surface area contributed by atoms with Gasteiger partial charge in [0.05, 0.1) is 16.8 Å². The van der Waals surface area contributed by atoms with Gasteiger partial charge in [0, 0.05) is 25.9 Å². The van der Waals surface area contributed by atoms with Crippen LogP contribution in [0.4, 0.5) is 4.79 Å². The van der Waals surface area contributed by atoms with Crippen LogP contribution in [0.25, 0.3) is 11.0 Å². The Bertz CT molecular complexity index is 931. The zero-order chi connectivity index (χ0) is 18.0. The highest BCUT2D eigenvalue weighted by atomic mass is 32.2. The van der Waals surface area contributed by atoms with Crippen LogP contribution in [0.5, 0.6) is 0 Å². The van der Waals surface area contributed by atoms with E-state index in [0.29, 0.717) is 25.2 Å². The Morgan fingerprint density at radius 1 is 1.32 bits per heavy atom. The van der Waals surface area contributed by atoms with Gasteiger partial charge in [-0.05, 0) is 36.5 Å². The number of hydrogen-bond acceptors (Lipinski definition) is 4. The number of carbonyl (C=O) groups is 1. The highest BCUT2D eigenvalue weighted by Gasteiger charge is 2.25. The van der Waals surface area contributed by atoms with E-state index in [4.69, 9.17) is 0 Å². The molecule has 1 aliphatic heterocycles. The number of H-pyrrole nitrogens is 2. The lowest BCUT2D eigenvalue weighted by atomic mass is 10.0. The normalized spacial score (nSPS) is 18.4. The molecular formula is C16H22N4O4S. The molecule has 0 radical (unpaired) electrons. The van der Waals surface area contributed by atoms with E-state index in [2.05, 4.69) is 15.3 Å². The van der Waals surface area contributed by atoms with Crippen molar-refractivity contribution in [2.45, 2.75) is 19.4 Å². The van der Waals surface area contributed by atoms with Gasteiger partial charge in [-0.3, -0.25) is 0 Å². The van der Waals surface area contributed by atoms with Crippen molar-refractivity contribution in [2.24, 2.45) is 5.92 Å². The first-order valence-electron chi connectivity index (χ1n) is 8.21. The molecule has 1 atom stereocenters. The molecule has 3 rings (SSSR count). The number of benzene rings is 1. The Balaban J connectivity index is 1.58. The number of piperidine rings is 1. The van der Waals surface area contributed by atoms with Crippen LogP contribution in [-0.2, 0) is 16.4 Å². The third kappa shape index (κ3) is 4.62. The first-order chi connectivity index (χ1) is 11.8. The lowest BCUT2D eigenvalue weighted by molar-refractivity contribution is 0.170. The average molecular weight is 366 g/mol. The molecule has 2 amide bonds. The molecule has 2 heterocycles. The topological polar surface area (TPSA) is 115 Å². The Morgan fingerprint density at radius 2 is 2.08 bits per heavy atom. The first kappa shape index (κ1) is 17.5. The average Bonchev–Trinajstić information content (AvgIpc) is 2.90. The van der Waals surface area contributed by atoms with Gasteiger partial charge < -0.3 is 20.2 Å². The SMILES string of the molecule is CS(=O)(=O)CC1CCCN(C(=O)NCc2ccc3[nH]c(=O)[nH]c3c2)C1. The van der Waals surface area contributed by atoms with Crippen molar-refractivity contribution in [3.05, 3.63) is 34.2 Å². The van der Waals surface area contributed by atoms with Gasteiger partial charge in [0.15, 0.2) is 0 Å². The van der Waals surface area contributed by atoms with Crippen molar-refractivity contribution in [1.29, 1.82) is 0 Å². The summed E-state index contributed by atoms with van der Waals surface area (Å²) < 4.78 is 22.9. The summed E-state index contributed by atoms with van der Waals surface area (Å²) in [6.45, 7) is 1.44. The van der Waals surface area contributed by atoms with Crippen molar-refractivity contribution in [3.63, 3.8) is 0 Å². The Kier molecular flexibility index (Phi) is 4.85. The molecule has 0 saturated carbocycles. The number of hydrogen-bond donors (Lipinski definition) is 3. The van der Waals surface area contributed by atoms with Gasteiger partial charge in [-0.15, -0.1) is 0 Å². The summed E-state index contributed by atoms with van der Waals surface area (Å²) in [5.74, 6) is 0.115. The number of fused-ring (bicyclic) bond motifs is 1. The fourth-order valence-corrected chi connectivity index (χ4v) is 4.42. The molecule has 1 aromatic carbocycles. The predicted molar refractivity (Wildman–Crippen MR) is 95.2 cm³/mol. The Hall–Kier alpha value is -2.29. The Morgan fingerprint density at radius 3 is 2.84 bits per heavy atom. The highest BCUT2D eigenvalue weighted by molar-refractivity contribution is 7.90. The van der Waals surface area contributed by atoms with Crippen LogP contribution in [0.15, 0.2) is 23.0 Å². The maximum absolute atomic E-state index is 12.4. The number of nitrogens with zero attached hydrogens (tertiary/aromatic N) is 1. The minimum atomic E-state index is -3.04. The van der Waals surface area contributed by atoms with Crippen molar-refractivity contribution < 1.29 is 13.2 Å². The molecule has 25 heavy (non-hydrogen) atoms. The first-order valence-corrected chi connectivity index (χ1v) is 10.3. The van der Waals surface area contributed by atoms with Crippen LogP contribution < -0.4 is 11.0 Å². The monoisotopic (exact) mass is 366 g/mol. The van der Waals surface area contributed by atoms with E-state index in [9.17, 15) is 18.0 Å². The zero-order valence-electron chi connectivity index (χ0n) is 14.0. The smallest absolute Gasteiger partial charge is 0.323 e. The third-order valence-corrected chi connectivity index (χ3v) is 5.45. The van der Waals surface area contributed by atoms with Gasteiger partial charge >= 0.3 is 11.7 Å². The van der Waals surface area contributed by atoms with Gasteiger partial charge in [-0.2, -0.15) is 0 Å². The molecule has 0 bridgehead atoms. The van der Waals surface area contributed by atoms with Crippen molar-refractivity contribution >= 4 is 26.9 Å². The molecule has 1 saturated heterocycles. The Labute approximate surface area is 145 Å². The fraction of sp³-hybridized carbons (Fsp3) is 0.500. The lowest BCUT2D eigenvalue weighted by Gasteiger charge is -2.32. The number of imidazole rings is 1. The quantitative estimate of drug-likeness (QED) is 0.743. The van der Waals surface area contributed by atoms with Crippen molar-refractivity contribution in [2.75, 3.05) is 25.1 Å². The molecule has 0 aliphatic carbocycles. The second kappa shape index (κ2) is 6.91. The van der Waals surface area contributed by atoms with E-state index in [1.54, 1.807) is 11.0 Å². The number of amides is 2. The van der Waals surface area contributed by atoms with Gasteiger partial charge in [-0.25, -0.2) is 18.0 Å². The molecule has 2 aromatic rings. The summed E-state index contributed by atoms with van der Waals surface area (Å²) in [5, 5.41) is 2.86. The highest BCUT2D eigenvalue weighted by Crippen LogP contribution is 2.18. The van der Waals surface area contributed by atoms with E-state index >= 15 is 0 Å². The summed E-state index contributed by atoms with van der Waals surface area (Å²) in [6.07, 6.45) is 2.87. The van der Waals surface area contributed by atoms with E-state index in [0.717, 1.165) is 23.9 Å². The molecule has 1 aromatic heterocycles. The molecule has 1 aliphatic rings. The largest absolute Gasteiger partial charge is 0.334 e. The van der Waals surface area contributed by atoms with Crippen LogP contribution in [0.2, 0.25) is 0 Å². The lowest BCUT2D eigenvalue weighted by Crippen LogP contribution is -2.46. The summed E-state index contributed by atoms with van der Waals surface area (Å²) in [4.78, 5) is 30.7. The molecule has 8 nitrogen and oxygen atoms in total. The van der Waals surface area contributed by atoms with Gasteiger partial charge in [0.25, 0.3) is 0 Å². The van der Waals surface area contributed by atoms with Crippen LogP contribution >= 0.6 is 0 Å². The maximum Gasteiger partial charge on any atom is 0.323 e. The molecule has 0 spiro atoms. The van der Waals surface area contributed by atoms with Crippen LogP contribution in [0.3, 0.4) is 0 Å². The van der Waals surface area contributed by atoms with Crippen molar-refractivity contribution in [3.8, 4) is 0 Å². The zero-order valence-corrected chi connectivity index (χ0v) is 14.9. The van der Waals surface area contributed by atoms with E-state index in [1.165, 1.54) is 6.26 Å². The number of rotatable bonds is 4. The number of aromatic amines is 2. The number of aromatic nitrogens is 2. The van der Waals surface area contributed by atoms with E-state index in [-0.39, 0.29) is 23.4 Å². The van der Waals surface area contributed by atoms with E-state index < -0.39 is 9.84 Å². The van der Waals surface area contributed by atoms with Gasteiger partial charge in [0.1, 0.15) is 9.84 Å². The number of likely N-dealkylation sites (tertiary alicyclic amines) is 1. The summed E-state index contributed by atoms with van der Waals surface area (Å²) >= 11 is 0. The summed E-state index contributed by atoms with van der Waals surface area (Å²) in [5.41, 5.74) is 2.03. The molecule has 1 unspecified atom stereocenters. The van der Waals surface area contributed by atoms with E-state index in [1.807, 2.05) is 12.1 Å². The van der Waals surface area contributed by atoms with Gasteiger partial charge in [0.2, 0.25) is 0 Å². The summed E-state index contributed by atoms with van der Waals surface area (Å²) in [7, 11) is -3.04. The number of sulfone groups is 1. The number of urea groups is 1. The van der Waals surface area contributed by atoms with Crippen LogP contribution in [0, 0.1) is 5.92 Å². The van der Waals surface area contributed by atoms with Crippen molar-refractivity contribution in [1.82, 2.24) is 20.2 Å². The minimum absolute atomic E-state index is 0.00391. The standard InChI is InChI=1S/C16H22N4O4S/c1-25(23,24)10-12-3-2-6-20(9-12)16(22)17-8-11-4-5-13-14(7-11)19-15(21)18-13/h4-5,7,12H,2-3,6,8-10H2,1H3,(H,17,22)(H2,18,19,21). The van der Waals surface area contributed by atoms with Crippen LogP contribution in [-0.4, -0.2) is 54.4 Å². The summed E-state index contributed by atoms with van der Waals surface area (Å²) in [6, 6.07) is 5.25. The molecule has 1 fully saturated rings. The fourth-order valence-electron chi connectivity index (χ4n) is 3.29. The van der Waals surface area contributed by atoms with Crippen LogP contribution in [0.1, 0.15) is 18.4 Å². The van der Waals surface area contributed by atoms with Gasteiger partial charge in [-0.1, -0.05) is 6.07 Å². The molecular weight excluding hydrogens is 344 g/mol. The molecule has 9 heteroatoms. The number of carbonyl (C=O) groups excluding carboxylic acids is 1. The third-order valence-electron chi connectivity index (χ3n) is 4.37. The predicted octanol–water partition coefficient (Wildman–Crippen LogP) is 0.822. The number of nitrogens with one attached hydrogen (secondary N) is 3. The second-order valence-corrected chi connectivity index (χ2v) is 8.85. The second-order valence-electron chi connectivity index (χ2n) is 6.66.